The summed E-state index contributed by atoms with van der Waals surface area (Å²) in [6, 6.07) is 8.97. The number of benzene rings is 1. The van der Waals surface area contributed by atoms with Crippen LogP contribution in [-0.2, 0) is 4.79 Å². The molecule has 2 unspecified atom stereocenters. The Balaban J connectivity index is 2.10. The van der Waals surface area contributed by atoms with E-state index >= 15 is 0 Å². The van der Waals surface area contributed by atoms with Crippen LogP contribution in [0, 0.1) is 14.9 Å². The standard InChI is InChI=1S/C17H24INO2/c1-12(13-6-8-15(18)9-7-13)19-10-4-5-14(11-19)17(2,3)16(20)21/h6-9,12,14H,4-5,10-11H2,1-3H3,(H,20,21). The van der Waals surface area contributed by atoms with E-state index in [2.05, 4.69) is 58.7 Å². The van der Waals surface area contributed by atoms with E-state index < -0.39 is 11.4 Å². The van der Waals surface area contributed by atoms with Gasteiger partial charge in [0.05, 0.1) is 5.41 Å². The number of hydrogen-bond acceptors (Lipinski definition) is 2. The number of likely N-dealkylation sites (tertiary alicyclic amines) is 1. The third-order valence-electron chi connectivity index (χ3n) is 4.92. The van der Waals surface area contributed by atoms with Crippen LogP contribution in [0.1, 0.15) is 45.2 Å². The minimum absolute atomic E-state index is 0.218. The van der Waals surface area contributed by atoms with Gasteiger partial charge in [-0.2, -0.15) is 0 Å². The van der Waals surface area contributed by atoms with E-state index in [1.165, 1.54) is 9.13 Å². The van der Waals surface area contributed by atoms with Crippen molar-refractivity contribution in [3.05, 3.63) is 33.4 Å². The summed E-state index contributed by atoms with van der Waals surface area (Å²) in [5, 5.41) is 9.45. The van der Waals surface area contributed by atoms with Gasteiger partial charge in [0.25, 0.3) is 0 Å². The zero-order valence-corrected chi connectivity index (χ0v) is 15.1. The molecule has 1 aromatic rings. The average molecular weight is 401 g/mol. The maximum absolute atomic E-state index is 11.5. The molecule has 0 amide bonds. The zero-order chi connectivity index (χ0) is 15.6. The van der Waals surface area contributed by atoms with Crippen LogP contribution in [-0.4, -0.2) is 29.1 Å². The second-order valence-corrected chi connectivity index (χ2v) is 7.83. The molecule has 4 heteroatoms. The zero-order valence-electron chi connectivity index (χ0n) is 13.0. The van der Waals surface area contributed by atoms with Crippen LogP contribution in [0.2, 0.25) is 0 Å². The van der Waals surface area contributed by atoms with Gasteiger partial charge in [-0.1, -0.05) is 12.1 Å². The fourth-order valence-electron chi connectivity index (χ4n) is 3.07. The molecule has 1 fully saturated rings. The van der Waals surface area contributed by atoms with Crippen molar-refractivity contribution in [2.24, 2.45) is 11.3 Å². The minimum atomic E-state index is -0.684. The molecule has 1 N–H and O–H groups in total. The number of piperidine rings is 1. The molecule has 116 valence electrons. The van der Waals surface area contributed by atoms with E-state index in [-0.39, 0.29) is 5.92 Å². The maximum atomic E-state index is 11.5. The Morgan fingerprint density at radius 1 is 1.38 bits per heavy atom. The van der Waals surface area contributed by atoms with E-state index in [0.717, 1.165) is 25.9 Å². The molecule has 3 nitrogen and oxygen atoms in total. The second kappa shape index (κ2) is 6.65. The van der Waals surface area contributed by atoms with Crippen molar-refractivity contribution in [1.29, 1.82) is 0 Å². The number of carbonyl (C=O) groups is 1. The van der Waals surface area contributed by atoms with Gasteiger partial charge in [-0.05, 0) is 86.4 Å². The first kappa shape index (κ1) is 16.7. The first-order valence-corrected chi connectivity index (χ1v) is 8.63. The van der Waals surface area contributed by atoms with Crippen LogP contribution in [0.5, 0.6) is 0 Å². The summed E-state index contributed by atoms with van der Waals surface area (Å²) < 4.78 is 1.24. The van der Waals surface area contributed by atoms with Gasteiger partial charge in [-0.25, -0.2) is 0 Å². The highest BCUT2D eigenvalue weighted by molar-refractivity contribution is 14.1. The molecule has 0 bridgehead atoms. The van der Waals surface area contributed by atoms with Crippen LogP contribution < -0.4 is 0 Å². The van der Waals surface area contributed by atoms with Gasteiger partial charge in [-0.15, -0.1) is 0 Å². The number of carboxylic acids is 1. The van der Waals surface area contributed by atoms with Crippen molar-refractivity contribution >= 4 is 28.6 Å². The second-order valence-electron chi connectivity index (χ2n) is 6.59. The molecule has 2 atom stereocenters. The highest BCUT2D eigenvalue weighted by Gasteiger charge is 2.39. The number of nitrogens with zero attached hydrogens (tertiary/aromatic N) is 1. The van der Waals surface area contributed by atoms with Gasteiger partial charge in [0.1, 0.15) is 0 Å². The molecule has 0 saturated carbocycles. The van der Waals surface area contributed by atoms with Crippen molar-refractivity contribution < 1.29 is 9.90 Å². The van der Waals surface area contributed by atoms with Gasteiger partial charge in [0.15, 0.2) is 0 Å². The quantitative estimate of drug-likeness (QED) is 0.770. The molecule has 2 rings (SSSR count). The van der Waals surface area contributed by atoms with Crippen LogP contribution in [0.4, 0.5) is 0 Å². The largest absolute Gasteiger partial charge is 0.481 e. The molecule has 1 saturated heterocycles. The van der Waals surface area contributed by atoms with E-state index in [9.17, 15) is 9.90 Å². The SMILES string of the molecule is CC(c1ccc(I)cc1)N1CCCC(C(C)(C)C(=O)O)C1. The number of halogens is 1. The lowest BCUT2D eigenvalue weighted by molar-refractivity contribution is -0.151. The summed E-state index contributed by atoms with van der Waals surface area (Å²) >= 11 is 2.32. The summed E-state index contributed by atoms with van der Waals surface area (Å²) in [4.78, 5) is 13.9. The number of carboxylic acid groups (broad SMARTS) is 1. The van der Waals surface area contributed by atoms with Crippen LogP contribution >= 0.6 is 22.6 Å². The van der Waals surface area contributed by atoms with Crippen LogP contribution in [0.3, 0.4) is 0 Å². The van der Waals surface area contributed by atoms with Crippen LogP contribution in [0.15, 0.2) is 24.3 Å². The fourth-order valence-corrected chi connectivity index (χ4v) is 3.43. The Labute approximate surface area is 140 Å². The third-order valence-corrected chi connectivity index (χ3v) is 5.64. The minimum Gasteiger partial charge on any atom is -0.481 e. The van der Waals surface area contributed by atoms with Gasteiger partial charge < -0.3 is 5.11 Å². The molecule has 0 aromatic heterocycles. The van der Waals surface area contributed by atoms with E-state index in [1.807, 2.05) is 13.8 Å². The summed E-state index contributed by atoms with van der Waals surface area (Å²) in [6.45, 7) is 7.86. The van der Waals surface area contributed by atoms with Crippen molar-refractivity contribution in [2.45, 2.75) is 39.7 Å². The molecule has 21 heavy (non-hydrogen) atoms. The number of rotatable bonds is 4. The Morgan fingerprint density at radius 2 is 2.00 bits per heavy atom. The van der Waals surface area contributed by atoms with Crippen molar-refractivity contribution in [3.63, 3.8) is 0 Å². The number of hydrogen-bond donors (Lipinski definition) is 1. The first-order valence-electron chi connectivity index (χ1n) is 7.55. The van der Waals surface area contributed by atoms with Gasteiger partial charge in [-0.3, -0.25) is 9.69 Å². The van der Waals surface area contributed by atoms with Crippen molar-refractivity contribution in [3.8, 4) is 0 Å². The van der Waals surface area contributed by atoms with E-state index in [4.69, 9.17) is 0 Å². The van der Waals surface area contributed by atoms with E-state index in [1.54, 1.807) is 0 Å². The monoisotopic (exact) mass is 401 g/mol. The summed E-state index contributed by atoms with van der Waals surface area (Å²) in [6.07, 6.45) is 2.09. The molecule has 1 aliphatic rings. The van der Waals surface area contributed by atoms with Gasteiger partial charge in [0, 0.05) is 16.2 Å². The third kappa shape index (κ3) is 3.77. The molecule has 0 radical (unpaired) electrons. The first-order chi connectivity index (χ1) is 9.82. The Bertz CT molecular complexity index is 498. The van der Waals surface area contributed by atoms with E-state index in [0.29, 0.717) is 6.04 Å². The highest BCUT2D eigenvalue weighted by atomic mass is 127. The molecule has 1 heterocycles. The lowest BCUT2D eigenvalue weighted by Gasteiger charge is -2.42. The molecular formula is C17H24INO2. The summed E-state index contributed by atoms with van der Waals surface area (Å²) in [7, 11) is 0. The maximum Gasteiger partial charge on any atom is 0.309 e. The molecule has 1 aliphatic heterocycles. The number of aliphatic carboxylic acids is 1. The Morgan fingerprint density at radius 3 is 2.57 bits per heavy atom. The molecule has 1 aromatic carbocycles. The smallest absolute Gasteiger partial charge is 0.309 e. The molecule has 0 aliphatic carbocycles. The normalized spacial score (nSPS) is 22.0. The fraction of sp³-hybridized carbons (Fsp3) is 0.588. The van der Waals surface area contributed by atoms with Gasteiger partial charge in [0.2, 0.25) is 0 Å². The predicted octanol–water partition coefficient (Wildman–Crippen LogP) is 4.18. The molecular weight excluding hydrogens is 377 g/mol. The van der Waals surface area contributed by atoms with Crippen LogP contribution in [0.25, 0.3) is 0 Å². The average Bonchev–Trinajstić information content (AvgIpc) is 2.47. The van der Waals surface area contributed by atoms with Crippen molar-refractivity contribution in [2.75, 3.05) is 13.1 Å². The Hall–Kier alpha value is -0.620. The highest BCUT2D eigenvalue weighted by Crippen LogP contribution is 2.36. The lowest BCUT2D eigenvalue weighted by Crippen LogP contribution is -2.45. The summed E-state index contributed by atoms with van der Waals surface area (Å²) in [5.41, 5.74) is 0.661. The summed E-state index contributed by atoms with van der Waals surface area (Å²) in [5.74, 6) is -0.466. The predicted molar refractivity (Wildman–Crippen MR) is 93.3 cm³/mol. The lowest BCUT2D eigenvalue weighted by atomic mass is 9.74. The topological polar surface area (TPSA) is 40.5 Å². The van der Waals surface area contributed by atoms with Crippen molar-refractivity contribution in [1.82, 2.24) is 4.90 Å². The Kier molecular flexibility index (Phi) is 5.30. The molecule has 0 spiro atoms. The van der Waals surface area contributed by atoms with Gasteiger partial charge >= 0.3 is 5.97 Å².